The second-order valence-electron chi connectivity index (χ2n) is 6.04. The highest BCUT2D eigenvalue weighted by Gasteiger charge is 2.38. The fraction of sp³-hybridized carbons (Fsp3) is 0.312. The van der Waals surface area contributed by atoms with Crippen LogP contribution in [0.15, 0.2) is 24.5 Å². The second-order valence-corrected chi connectivity index (χ2v) is 6.43. The number of pyridine rings is 1. The quantitative estimate of drug-likeness (QED) is 0.373. The van der Waals surface area contributed by atoms with Crippen LogP contribution in [0.1, 0.15) is 12.8 Å². The van der Waals surface area contributed by atoms with E-state index in [1.807, 2.05) is 0 Å². The third-order valence-electron chi connectivity index (χ3n) is 4.11. The number of nitrogens with one attached hydrogen (secondary N) is 1. The maximum absolute atomic E-state index is 12.4. The Bertz CT molecular complexity index is 957. The predicted octanol–water partition coefficient (Wildman–Crippen LogP) is 0.796. The van der Waals surface area contributed by atoms with Crippen molar-refractivity contribution in [1.82, 2.24) is 20.3 Å². The summed E-state index contributed by atoms with van der Waals surface area (Å²) in [7, 11) is 0. The molecule has 1 unspecified atom stereocenters. The number of ether oxygens (including phenoxy) is 1. The summed E-state index contributed by atoms with van der Waals surface area (Å²) >= 11 is 5.81. The molecule has 1 aliphatic heterocycles. The zero-order valence-corrected chi connectivity index (χ0v) is 15.7. The van der Waals surface area contributed by atoms with Gasteiger partial charge in [0.25, 0.3) is 0 Å². The maximum atomic E-state index is 12.4. The van der Waals surface area contributed by atoms with Gasteiger partial charge in [0.1, 0.15) is 17.5 Å². The van der Waals surface area contributed by atoms with E-state index in [-0.39, 0.29) is 29.3 Å². The van der Waals surface area contributed by atoms with E-state index >= 15 is 0 Å². The van der Waals surface area contributed by atoms with Crippen LogP contribution in [0.4, 0.5) is 11.5 Å². The minimum atomic E-state index is -0.750. The lowest BCUT2D eigenvalue weighted by Gasteiger charge is -2.24. The summed E-state index contributed by atoms with van der Waals surface area (Å²) in [5.74, 6) is -1.56. The van der Waals surface area contributed by atoms with Gasteiger partial charge >= 0.3 is 11.6 Å². The smallest absolute Gasteiger partial charge is 0.373 e. The number of amides is 2. The molecule has 0 aliphatic carbocycles. The molecule has 0 spiro atoms. The molecule has 3 N–H and O–H groups in total. The summed E-state index contributed by atoms with van der Waals surface area (Å²) in [6.07, 6.45) is 2.12. The Labute approximate surface area is 169 Å². The zero-order chi connectivity index (χ0) is 21.0. The van der Waals surface area contributed by atoms with Gasteiger partial charge in [0.15, 0.2) is 0 Å². The van der Waals surface area contributed by atoms with Gasteiger partial charge < -0.3 is 20.7 Å². The Kier molecular flexibility index (Phi) is 6.02. The van der Waals surface area contributed by atoms with Crippen molar-refractivity contribution in [2.24, 2.45) is 5.73 Å². The van der Waals surface area contributed by atoms with Crippen LogP contribution in [0.5, 0.6) is 11.8 Å². The highest BCUT2D eigenvalue weighted by atomic mass is 35.5. The molecule has 1 saturated heterocycles. The molecule has 0 bridgehead atoms. The second kappa shape index (κ2) is 8.65. The highest BCUT2D eigenvalue weighted by molar-refractivity contribution is 6.29. The Morgan fingerprint density at radius 2 is 2.21 bits per heavy atom. The van der Waals surface area contributed by atoms with Crippen LogP contribution in [-0.2, 0) is 9.59 Å². The van der Waals surface area contributed by atoms with Crippen LogP contribution in [0.2, 0.25) is 5.15 Å². The Balaban J connectivity index is 1.93. The van der Waals surface area contributed by atoms with Crippen LogP contribution in [0, 0.1) is 10.1 Å². The number of carbonyl (C=O) groups excluding carboxylic acids is 2. The fourth-order valence-electron chi connectivity index (χ4n) is 2.93. The van der Waals surface area contributed by atoms with Crippen molar-refractivity contribution in [2.75, 3.05) is 18.0 Å². The molecule has 1 fully saturated rings. The van der Waals surface area contributed by atoms with E-state index < -0.39 is 28.5 Å². The molecule has 0 aromatic carbocycles. The van der Waals surface area contributed by atoms with E-state index in [0.29, 0.717) is 19.4 Å². The number of nitrogens with zero attached hydrogens (tertiary/aromatic N) is 5. The minimum Gasteiger partial charge on any atom is -0.414 e. The molecule has 152 valence electrons. The first-order chi connectivity index (χ1) is 13.9. The summed E-state index contributed by atoms with van der Waals surface area (Å²) in [5, 5.41) is 14.3. The summed E-state index contributed by atoms with van der Waals surface area (Å²) in [5.41, 5.74) is 4.53. The molecular weight excluding hydrogens is 406 g/mol. The van der Waals surface area contributed by atoms with Gasteiger partial charge in [-0.1, -0.05) is 17.7 Å². The average molecular weight is 422 g/mol. The van der Waals surface area contributed by atoms with Crippen molar-refractivity contribution in [3.05, 3.63) is 39.8 Å². The molecular formula is C16H16ClN7O5. The fourth-order valence-corrected chi connectivity index (χ4v) is 3.08. The van der Waals surface area contributed by atoms with Gasteiger partial charge in [0, 0.05) is 12.6 Å². The van der Waals surface area contributed by atoms with Gasteiger partial charge in [-0.05, 0) is 18.9 Å². The molecule has 2 aromatic rings. The van der Waals surface area contributed by atoms with E-state index in [9.17, 15) is 19.7 Å². The molecule has 2 amide bonds. The minimum absolute atomic E-state index is 0.0161. The van der Waals surface area contributed by atoms with E-state index in [2.05, 4.69) is 20.3 Å². The molecule has 12 nitrogen and oxygen atoms in total. The number of rotatable bonds is 7. The summed E-state index contributed by atoms with van der Waals surface area (Å²) in [6, 6.07) is 3.80. The predicted molar refractivity (Wildman–Crippen MR) is 101 cm³/mol. The van der Waals surface area contributed by atoms with Crippen LogP contribution in [0.25, 0.3) is 0 Å². The van der Waals surface area contributed by atoms with Gasteiger partial charge in [0.2, 0.25) is 23.5 Å². The number of nitro groups is 1. The molecule has 3 heterocycles. The van der Waals surface area contributed by atoms with Crippen molar-refractivity contribution in [1.29, 1.82) is 0 Å². The van der Waals surface area contributed by atoms with E-state index in [1.165, 1.54) is 17.0 Å². The lowest BCUT2D eigenvalue weighted by molar-refractivity contribution is -0.385. The van der Waals surface area contributed by atoms with E-state index in [1.54, 1.807) is 6.07 Å². The Morgan fingerprint density at radius 3 is 2.90 bits per heavy atom. The normalized spacial score (nSPS) is 15.8. The number of nitrogens with two attached hydrogens (primary N) is 1. The van der Waals surface area contributed by atoms with Crippen LogP contribution in [-0.4, -0.2) is 50.8 Å². The molecule has 2 aromatic heterocycles. The highest BCUT2D eigenvalue weighted by Crippen LogP contribution is 2.38. The average Bonchev–Trinajstić information content (AvgIpc) is 3.15. The topological polar surface area (TPSA) is 166 Å². The summed E-state index contributed by atoms with van der Waals surface area (Å²) < 4.78 is 5.45. The first-order valence-electron chi connectivity index (χ1n) is 8.49. The number of carbonyl (C=O) groups is 2. The molecule has 1 aliphatic rings. The zero-order valence-electron chi connectivity index (χ0n) is 14.9. The largest absolute Gasteiger partial charge is 0.414 e. The van der Waals surface area contributed by atoms with E-state index in [0.717, 1.165) is 6.33 Å². The van der Waals surface area contributed by atoms with Crippen molar-refractivity contribution < 1.29 is 19.2 Å². The third kappa shape index (κ3) is 4.66. The van der Waals surface area contributed by atoms with Crippen molar-refractivity contribution in [3.8, 4) is 11.8 Å². The number of halogens is 1. The number of anilines is 1. The number of hydrogen-bond donors (Lipinski definition) is 2. The van der Waals surface area contributed by atoms with Crippen molar-refractivity contribution in [2.45, 2.75) is 18.9 Å². The lowest BCUT2D eigenvalue weighted by atomic mass is 10.2. The molecule has 0 saturated carbocycles. The molecule has 3 rings (SSSR count). The molecule has 0 radical (unpaired) electrons. The molecule has 1 atom stereocenters. The summed E-state index contributed by atoms with van der Waals surface area (Å²) in [6.45, 7) is 0.0191. The third-order valence-corrected chi connectivity index (χ3v) is 4.32. The SMILES string of the molecule is NC(=O)CNC(=O)C1CCCN1c1ncnc(Oc2cccc(Cl)n2)c1[N+](=O)[O-]. The van der Waals surface area contributed by atoms with Crippen LogP contribution in [0.3, 0.4) is 0 Å². The van der Waals surface area contributed by atoms with Crippen molar-refractivity contribution in [3.63, 3.8) is 0 Å². The molecule has 29 heavy (non-hydrogen) atoms. The number of hydrogen-bond acceptors (Lipinski definition) is 9. The Hall–Kier alpha value is -3.54. The van der Waals surface area contributed by atoms with Gasteiger partial charge in [-0.2, -0.15) is 4.98 Å². The standard InChI is InChI=1S/C16H16ClN7O5/c17-10-4-1-5-12(22-10)29-16-13(24(27)28)14(20-8-21-16)23-6-2-3-9(23)15(26)19-7-11(18)25/h1,4-5,8-9H,2-3,6-7H2,(H2,18,25)(H,19,26). The number of primary amides is 1. The first kappa shape index (κ1) is 20.2. The Morgan fingerprint density at radius 1 is 1.41 bits per heavy atom. The van der Waals surface area contributed by atoms with Gasteiger partial charge in [-0.15, -0.1) is 0 Å². The monoisotopic (exact) mass is 421 g/mol. The van der Waals surface area contributed by atoms with Gasteiger partial charge in [-0.3, -0.25) is 19.7 Å². The lowest BCUT2D eigenvalue weighted by Crippen LogP contribution is -2.46. The van der Waals surface area contributed by atoms with Gasteiger partial charge in [-0.25, -0.2) is 9.97 Å². The van der Waals surface area contributed by atoms with Crippen LogP contribution < -0.4 is 20.7 Å². The summed E-state index contributed by atoms with van der Waals surface area (Å²) in [4.78, 5) is 47.6. The molecule has 13 heteroatoms. The first-order valence-corrected chi connectivity index (χ1v) is 8.87. The van der Waals surface area contributed by atoms with E-state index in [4.69, 9.17) is 22.1 Å². The maximum Gasteiger partial charge on any atom is 0.373 e. The van der Waals surface area contributed by atoms with Gasteiger partial charge in [0.05, 0.1) is 11.5 Å². The van der Waals surface area contributed by atoms with Crippen LogP contribution >= 0.6 is 11.6 Å². The van der Waals surface area contributed by atoms with Crippen molar-refractivity contribution >= 4 is 34.9 Å². The number of aromatic nitrogens is 3.